The van der Waals surface area contributed by atoms with Crippen LogP contribution < -0.4 is 0 Å². The van der Waals surface area contributed by atoms with Crippen molar-refractivity contribution < 1.29 is 18.5 Å². The van der Waals surface area contributed by atoms with E-state index in [4.69, 9.17) is 5.11 Å². The van der Waals surface area contributed by atoms with E-state index in [9.17, 15) is 13.4 Å². The fourth-order valence-corrected chi connectivity index (χ4v) is 2.96. The highest BCUT2D eigenvalue weighted by molar-refractivity contribution is 7.84. The quantitative estimate of drug-likeness (QED) is 0.942. The van der Waals surface area contributed by atoms with Crippen LogP contribution in [0.1, 0.15) is 21.5 Å². The highest BCUT2D eigenvalue weighted by Gasteiger charge is 2.14. The fourth-order valence-electron chi connectivity index (χ4n) is 1.85. The van der Waals surface area contributed by atoms with E-state index >= 15 is 0 Å². The van der Waals surface area contributed by atoms with Crippen LogP contribution in [-0.4, -0.2) is 15.3 Å². The average molecular weight is 292 g/mol. The number of halogens is 1. The molecule has 2 rings (SSSR count). The Bertz CT molecular complexity index is 683. The summed E-state index contributed by atoms with van der Waals surface area (Å²) in [5, 5.41) is 8.86. The number of hydrogen-bond acceptors (Lipinski definition) is 2. The summed E-state index contributed by atoms with van der Waals surface area (Å²) >= 11 is 0. The van der Waals surface area contributed by atoms with Crippen molar-refractivity contribution >= 4 is 16.8 Å². The zero-order chi connectivity index (χ0) is 14.7. The summed E-state index contributed by atoms with van der Waals surface area (Å²) < 4.78 is 25.5. The first kappa shape index (κ1) is 14.4. The van der Waals surface area contributed by atoms with Crippen molar-refractivity contribution in [2.75, 3.05) is 0 Å². The Hall–Kier alpha value is -2.01. The van der Waals surface area contributed by atoms with Crippen LogP contribution in [0.5, 0.6) is 0 Å². The zero-order valence-corrected chi connectivity index (χ0v) is 11.6. The van der Waals surface area contributed by atoms with E-state index in [1.165, 1.54) is 6.07 Å². The molecule has 0 aliphatic carbocycles. The van der Waals surface area contributed by atoms with E-state index in [-0.39, 0.29) is 5.75 Å². The lowest BCUT2D eigenvalue weighted by molar-refractivity contribution is 0.0691. The molecular weight excluding hydrogens is 279 g/mol. The monoisotopic (exact) mass is 292 g/mol. The zero-order valence-electron chi connectivity index (χ0n) is 10.8. The lowest BCUT2D eigenvalue weighted by Gasteiger charge is -2.05. The number of carboxylic acids is 1. The van der Waals surface area contributed by atoms with Gasteiger partial charge in [0.2, 0.25) is 0 Å². The van der Waals surface area contributed by atoms with Gasteiger partial charge in [-0.25, -0.2) is 9.18 Å². The molecule has 1 atom stereocenters. The van der Waals surface area contributed by atoms with Crippen LogP contribution in [0.25, 0.3) is 0 Å². The highest BCUT2D eigenvalue weighted by atomic mass is 32.2. The molecule has 0 aromatic heterocycles. The summed E-state index contributed by atoms with van der Waals surface area (Å²) in [4.78, 5) is 11.2. The maximum Gasteiger partial charge on any atom is 0.338 e. The summed E-state index contributed by atoms with van der Waals surface area (Å²) in [5.41, 5.74) is 1.49. The molecule has 0 radical (unpaired) electrons. The number of carbonyl (C=O) groups is 1. The molecule has 0 aliphatic rings. The second-order valence-corrected chi connectivity index (χ2v) is 5.88. The molecule has 0 heterocycles. The molecule has 0 fully saturated rings. The summed E-state index contributed by atoms with van der Waals surface area (Å²) in [6, 6.07) is 11.1. The molecule has 2 aromatic rings. The molecule has 2 aromatic carbocycles. The first-order valence-electron chi connectivity index (χ1n) is 5.94. The number of rotatable bonds is 4. The third-order valence-electron chi connectivity index (χ3n) is 2.81. The number of aromatic carboxylic acids is 1. The van der Waals surface area contributed by atoms with Crippen molar-refractivity contribution in [1.82, 2.24) is 0 Å². The Balaban J connectivity index is 2.26. The molecule has 1 N–H and O–H groups in total. The number of aryl methyl sites for hydroxylation is 1. The smallest absolute Gasteiger partial charge is 0.338 e. The Morgan fingerprint density at radius 2 is 2.00 bits per heavy atom. The molecule has 0 bridgehead atoms. The van der Waals surface area contributed by atoms with Crippen molar-refractivity contribution in [3.05, 3.63) is 65.0 Å². The van der Waals surface area contributed by atoms with Gasteiger partial charge in [0.05, 0.1) is 22.1 Å². The minimum absolute atomic E-state index is 0.270. The number of hydrogen-bond donors (Lipinski definition) is 1. The van der Waals surface area contributed by atoms with E-state index in [1.54, 1.807) is 0 Å². The molecule has 1 unspecified atom stereocenters. The second-order valence-electron chi connectivity index (χ2n) is 4.43. The summed E-state index contributed by atoms with van der Waals surface area (Å²) in [7, 11) is -1.41. The average Bonchev–Trinajstić information content (AvgIpc) is 2.38. The van der Waals surface area contributed by atoms with Crippen LogP contribution >= 0.6 is 0 Å². The maximum absolute atomic E-state index is 13.3. The van der Waals surface area contributed by atoms with Crippen LogP contribution in [0.3, 0.4) is 0 Å². The third kappa shape index (κ3) is 3.30. The number of carboxylic acid groups (broad SMARTS) is 1. The normalized spacial score (nSPS) is 12.1. The molecule has 3 nitrogen and oxygen atoms in total. The Morgan fingerprint density at radius 3 is 2.65 bits per heavy atom. The Kier molecular flexibility index (Phi) is 4.29. The standard InChI is InChI=1S/C15H13FO3S/c1-10-3-2-4-11(7-10)9-20(19)12-5-6-14(16)13(8-12)15(17)18/h2-8H,9H2,1H3,(H,17,18). The molecule has 0 spiro atoms. The Labute approximate surface area is 118 Å². The predicted octanol–water partition coefficient (Wildman–Crippen LogP) is 3.14. The summed E-state index contributed by atoms with van der Waals surface area (Å²) in [6.45, 7) is 1.94. The molecule has 0 saturated heterocycles. The Morgan fingerprint density at radius 1 is 1.25 bits per heavy atom. The molecule has 20 heavy (non-hydrogen) atoms. The van der Waals surface area contributed by atoms with Crippen LogP contribution in [0.2, 0.25) is 0 Å². The van der Waals surface area contributed by atoms with Gasteiger partial charge < -0.3 is 5.11 Å². The molecule has 5 heteroatoms. The summed E-state index contributed by atoms with van der Waals surface area (Å²) in [6.07, 6.45) is 0. The van der Waals surface area contributed by atoms with Crippen molar-refractivity contribution in [3.8, 4) is 0 Å². The van der Waals surface area contributed by atoms with Gasteiger partial charge in [-0.05, 0) is 30.7 Å². The predicted molar refractivity (Wildman–Crippen MR) is 74.7 cm³/mol. The second kappa shape index (κ2) is 5.96. The minimum Gasteiger partial charge on any atom is -0.478 e. The van der Waals surface area contributed by atoms with Gasteiger partial charge in [-0.1, -0.05) is 29.8 Å². The van der Waals surface area contributed by atoms with Crippen molar-refractivity contribution in [1.29, 1.82) is 0 Å². The van der Waals surface area contributed by atoms with Gasteiger partial charge in [-0.3, -0.25) is 4.21 Å². The largest absolute Gasteiger partial charge is 0.478 e. The van der Waals surface area contributed by atoms with Crippen molar-refractivity contribution in [2.24, 2.45) is 0 Å². The SMILES string of the molecule is Cc1cccc(CS(=O)c2ccc(F)c(C(=O)O)c2)c1. The molecule has 0 saturated carbocycles. The van der Waals surface area contributed by atoms with E-state index in [0.717, 1.165) is 23.3 Å². The van der Waals surface area contributed by atoms with Gasteiger partial charge >= 0.3 is 5.97 Å². The van der Waals surface area contributed by atoms with Crippen molar-refractivity contribution in [2.45, 2.75) is 17.6 Å². The first-order valence-corrected chi connectivity index (χ1v) is 7.26. The molecular formula is C15H13FO3S. The van der Waals surface area contributed by atoms with Crippen LogP contribution in [0, 0.1) is 12.7 Å². The lowest BCUT2D eigenvalue weighted by Crippen LogP contribution is -2.04. The van der Waals surface area contributed by atoms with E-state index in [1.807, 2.05) is 31.2 Å². The number of benzene rings is 2. The van der Waals surface area contributed by atoms with Gasteiger partial charge in [0.1, 0.15) is 5.82 Å². The minimum atomic E-state index is -1.41. The van der Waals surface area contributed by atoms with Gasteiger partial charge in [-0.2, -0.15) is 0 Å². The highest BCUT2D eigenvalue weighted by Crippen LogP contribution is 2.17. The summed E-state index contributed by atoms with van der Waals surface area (Å²) in [5.74, 6) is -1.92. The van der Waals surface area contributed by atoms with Gasteiger partial charge in [0.25, 0.3) is 0 Å². The van der Waals surface area contributed by atoms with Gasteiger partial charge in [0.15, 0.2) is 0 Å². The maximum atomic E-state index is 13.3. The fraction of sp³-hybridized carbons (Fsp3) is 0.133. The van der Waals surface area contributed by atoms with Crippen molar-refractivity contribution in [3.63, 3.8) is 0 Å². The molecule has 0 aliphatic heterocycles. The third-order valence-corrected chi connectivity index (χ3v) is 4.19. The lowest BCUT2D eigenvalue weighted by atomic mass is 10.2. The van der Waals surface area contributed by atoms with E-state index in [0.29, 0.717) is 4.90 Å². The molecule has 0 amide bonds. The van der Waals surface area contributed by atoms with Gasteiger partial charge in [0, 0.05) is 4.90 Å². The van der Waals surface area contributed by atoms with E-state index < -0.39 is 28.1 Å². The first-order chi connectivity index (χ1) is 9.47. The van der Waals surface area contributed by atoms with Crippen LogP contribution in [-0.2, 0) is 16.6 Å². The van der Waals surface area contributed by atoms with Crippen LogP contribution in [0.15, 0.2) is 47.4 Å². The van der Waals surface area contributed by atoms with E-state index in [2.05, 4.69) is 0 Å². The topological polar surface area (TPSA) is 54.4 Å². The molecule has 104 valence electrons. The van der Waals surface area contributed by atoms with Crippen LogP contribution in [0.4, 0.5) is 4.39 Å². The van der Waals surface area contributed by atoms with Gasteiger partial charge in [-0.15, -0.1) is 0 Å².